The number of methoxy groups -OCH3 is 1. The van der Waals surface area contributed by atoms with Crippen molar-refractivity contribution in [2.45, 2.75) is 0 Å². The zero-order chi connectivity index (χ0) is 11.4. The fraction of sp³-hybridized carbons (Fsp3) is 0.250. The normalized spacial score (nSPS) is 9.80. The first-order chi connectivity index (χ1) is 7.06. The number of hydrogen-bond donors (Lipinski definition) is 1. The number of nitrogen functional groups attached to an aromatic ring is 1. The lowest BCUT2D eigenvalue weighted by Gasteiger charge is -2.08. The van der Waals surface area contributed by atoms with Gasteiger partial charge in [0.05, 0.1) is 17.3 Å². The van der Waals surface area contributed by atoms with Crippen LogP contribution in [0.2, 0.25) is 0 Å². The summed E-state index contributed by atoms with van der Waals surface area (Å²) >= 11 is 6.42. The minimum atomic E-state index is -0.481. The van der Waals surface area contributed by atoms with Crippen molar-refractivity contribution >= 4 is 43.5 Å². The van der Waals surface area contributed by atoms with E-state index in [9.17, 15) is 4.79 Å². The van der Waals surface area contributed by atoms with Crippen LogP contribution < -0.4 is 10.5 Å². The fourth-order valence-corrected chi connectivity index (χ4v) is 1.75. The van der Waals surface area contributed by atoms with Gasteiger partial charge in [0.1, 0.15) is 4.47 Å². The molecule has 0 bridgehead atoms. The van der Waals surface area contributed by atoms with E-state index in [-0.39, 0.29) is 12.5 Å². The Morgan fingerprint density at radius 3 is 2.87 bits per heavy atom. The zero-order valence-corrected chi connectivity index (χ0v) is 11.0. The predicted molar refractivity (Wildman–Crippen MR) is 61.6 cm³/mol. The number of carbonyl (C=O) groups excluding carboxylic acids is 1. The lowest BCUT2D eigenvalue weighted by Crippen LogP contribution is -2.13. The molecule has 1 aromatic rings. The van der Waals surface area contributed by atoms with Crippen molar-refractivity contribution in [3.63, 3.8) is 0 Å². The van der Waals surface area contributed by atoms with Crippen LogP contribution >= 0.6 is 31.9 Å². The van der Waals surface area contributed by atoms with Crippen LogP contribution in [0, 0.1) is 0 Å². The summed E-state index contributed by atoms with van der Waals surface area (Å²) in [6.07, 6.45) is 1.49. The van der Waals surface area contributed by atoms with Crippen LogP contribution in [0.25, 0.3) is 0 Å². The molecule has 0 unspecified atom stereocenters. The molecule has 0 fully saturated rings. The quantitative estimate of drug-likeness (QED) is 0.849. The molecule has 1 aromatic heterocycles. The number of aromatic nitrogens is 1. The number of nitrogens with two attached hydrogens (primary N) is 1. The van der Waals surface area contributed by atoms with E-state index in [2.05, 4.69) is 41.6 Å². The second kappa shape index (κ2) is 5.32. The number of anilines is 1. The van der Waals surface area contributed by atoms with Gasteiger partial charge in [-0.3, -0.25) is 0 Å². The van der Waals surface area contributed by atoms with Crippen molar-refractivity contribution in [2.75, 3.05) is 19.5 Å². The van der Waals surface area contributed by atoms with Crippen molar-refractivity contribution in [2.24, 2.45) is 0 Å². The first kappa shape index (κ1) is 12.3. The molecule has 82 valence electrons. The number of esters is 1. The maximum Gasteiger partial charge on any atom is 0.343 e. The Morgan fingerprint density at radius 2 is 2.27 bits per heavy atom. The summed E-state index contributed by atoms with van der Waals surface area (Å²) in [5, 5.41) is 0. The second-order valence-electron chi connectivity index (χ2n) is 2.50. The maximum atomic E-state index is 10.8. The van der Waals surface area contributed by atoms with Gasteiger partial charge in [-0.1, -0.05) is 0 Å². The number of ether oxygens (including phenoxy) is 2. The number of nitrogens with zero attached hydrogens (tertiary/aromatic N) is 1. The van der Waals surface area contributed by atoms with E-state index in [0.29, 0.717) is 14.6 Å². The van der Waals surface area contributed by atoms with Crippen LogP contribution in [0.3, 0.4) is 0 Å². The summed E-state index contributed by atoms with van der Waals surface area (Å²) in [7, 11) is 1.28. The smallest absolute Gasteiger partial charge is 0.343 e. The summed E-state index contributed by atoms with van der Waals surface area (Å²) in [5.74, 6) is -0.230. The monoisotopic (exact) mass is 338 g/mol. The highest BCUT2D eigenvalue weighted by molar-refractivity contribution is 9.11. The summed E-state index contributed by atoms with van der Waals surface area (Å²) < 4.78 is 10.7. The van der Waals surface area contributed by atoms with Crippen molar-refractivity contribution in [1.29, 1.82) is 0 Å². The zero-order valence-electron chi connectivity index (χ0n) is 7.79. The molecule has 1 rings (SSSR count). The van der Waals surface area contributed by atoms with E-state index >= 15 is 0 Å². The number of hydrogen-bond acceptors (Lipinski definition) is 5. The molecule has 0 aromatic carbocycles. The molecular weight excluding hydrogens is 332 g/mol. The number of halogens is 2. The third-order valence-corrected chi connectivity index (χ3v) is 2.93. The van der Waals surface area contributed by atoms with E-state index in [1.54, 1.807) is 0 Å². The van der Waals surface area contributed by atoms with Gasteiger partial charge in [-0.05, 0) is 31.9 Å². The molecule has 5 nitrogen and oxygen atoms in total. The first-order valence-corrected chi connectivity index (χ1v) is 5.44. The molecule has 0 aliphatic rings. The Labute approximate surface area is 103 Å². The Morgan fingerprint density at radius 1 is 1.60 bits per heavy atom. The summed E-state index contributed by atoms with van der Waals surface area (Å²) in [6, 6.07) is 0. The maximum absolute atomic E-state index is 10.8. The molecule has 0 aliphatic carbocycles. The minimum absolute atomic E-state index is 0.205. The number of carbonyl (C=O) groups is 1. The van der Waals surface area contributed by atoms with Gasteiger partial charge in [0, 0.05) is 6.20 Å². The summed E-state index contributed by atoms with van der Waals surface area (Å²) in [5.41, 5.74) is 6.15. The van der Waals surface area contributed by atoms with Crippen molar-refractivity contribution in [3.8, 4) is 5.88 Å². The molecular formula is C8H8Br2N2O3. The van der Waals surface area contributed by atoms with Gasteiger partial charge in [0.25, 0.3) is 0 Å². The molecule has 0 saturated heterocycles. The van der Waals surface area contributed by atoms with E-state index in [4.69, 9.17) is 10.5 Å². The number of pyridine rings is 1. The van der Waals surface area contributed by atoms with E-state index in [1.807, 2.05) is 0 Å². The van der Waals surface area contributed by atoms with E-state index in [1.165, 1.54) is 13.3 Å². The highest BCUT2D eigenvalue weighted by atomic mass is 79.9. The molecule has 2 N–H and O–H groups in total. The van der Waals surface area contributed by atoms with Gasteiger partial charge in [-0.15, -0.1) is 0 Å². The summed E-state index contributed by atoms with van der Waals surface area (Å²) in [4.78, 5) is 14.8. The molecule has 0 spiro atoms. The van der Waals surface area contributed by atoms with Gasteiger partial charge in [-0.25, -0.2) is 9.78 Å². The fourth-order valence-electron chi connectivity index (χ4n) is 0.748. The molecule has 1 heterocycles. The lowest BCUT2D eigenvalue weighted by atomic mass is 10.4. The Bertz CT molecular complexity index is 384. The molecule has 0 atom stereocenters. The standard InChI is InChI=1S/C8H8Br2N2O3/c1-14-5(13)3-15-8-6(10)7(11)4(9)2-12-8/h2H,3H2,1H3,(H2,11,12). The molecule has 0 radical (unpaired) electrons. The van der Waals surface area contributed by atoms with Crippen molar-refractivity contribution in [1.82, 2.24) is 4.98 Å². The van der Waals surface area contributed by atoms with Crippen LogP contribution in [-0.4, -0.2) is 24.7 Å². The van der Waals surface area contributed by atoms with Gasteiger partial charge in [0.2, 0.25) is 5.88 Å². The van der Waals surface area contributed by atoms with Crippen LogP contribution in [0.4, 0.5) is 5.69 Å². The average Bonchev–Trinajstić information content (AvgIpc) is 2.24. The second-order valence-corrected chi connectivity index (χ2v) is 4.15. The van der Waals surface area contributed by atoms with E-state index in [0.717, 1.165) is 0 Å². The van der Waals surface area contributed by atoms with E-state index < -0.39 is 5.97 Å². The highest BCUT2D eigenvalue weighted by Crippen LogP contribution is 2.33. The van der Waals surface area contributed by atoms with Crippen LogP contribution in [-0.2, 0) is 9.53 Å². The third-order valence-electron chi connectivity index (χ3n) is 1.53. The molecule has 7 heteroatoms. The molecule has 0 saturated carbocycles. The Kier molecular flexibility index (Phi) is 4.34. The SMILES string of the molecule is COC(=O)COc1ncc(Br)c(N)c1Br. The van der Waals surface area contributed by atoms with Gasteiger partial charge in [0.15, 0.2) is 6.61 Å². The van der Waals surface area contributed by atoms with Crippen LogP contribution in [0.15, 0.2) is 15.1 Å². The molecule has 15 heavy (non-hydrogen) atoms. The molecule has 0 aliphatic heterocycles. The van der Waals surface area contributed by atoms with Crippen molar-refractivity contribution < 1.29 is 14.3 Å². The average molecular weight is 340 g/mol. The third kappa shape index (κ3) is 3.07. The minimum Gasteiger partial charge on any atom is -0.466 e. The van der Waals surface area contributed by atoms with Gasteiger partial charge >= 0.3 is 5.97 Å². The predicted octanol–water partition coefficient (Wildman–Crippen LogP) is 1.74. The van der Waals surface area contributed by atoms with Crippen LogP contribution in [0.1, 0.15) is 0 Å². The van der Waals surface area contributed by atoms with Crippen molar-refractivity contribution in [3.05, 3.63) is 15.1 Å². The topological polar surface area (TPSA) is 74.4 Å². The summed E-state index contributed by atoms with van der Waals surface area (Å²) in [6.45, 7) is -0.205. The Hall–Kier alpha value is -0.820. The van der Waals surface area contributed by atoms with Gasteiger partial charge < -0.3 is 15.2 Å². The number of rotatable bonds is 3. The lowest BCUT2D eigenvalue weighted by molar-refractivity contribution is -0.143. The van der Waals surface area contributed by atoms with Crippen LogP contribution in [0.5, 0.6) is 5.88 Å². The van der Waals surface area contributed by atoms with Gasteiger partial charge in [-0.2, -0.15) is 0 Å². The largest absolute Gasteiger partial charge is 0.466 e. The Balaban J connectivity index is 2.78. The first-order valence-electron chi connectivity index (χ1n) is 3.85. The molecule has 0 amide bonds. The highest BCUT2D eigenvalue weighted by Gasteiger charge is 2.11.